The Morgan fingerprint density at radius 1 is 0.524 bits per heavy atom. The molecular formula is C8H12O12Si. The van der Waals surface area contributed by atoms with E-state index in [9.17, 15) is 19.2 Å². The molecule has 0 N–H and O–H groups in total. The molecule has 0 atom stereocenters. The maximum atomic E-state index is 10.7. The molecule has 0 fully saturated rings. The van der Waals surface area contributed by atoms with E-state index in [2.05, 4.69) is 37.9 Å². The van der Waals surface area contributed by atoms with Crippen molar-refractivity contribution in [3.8, 4) is 0 Å². The van der Waals surface area contributed by atoms with Gasteiger partial charge in [0.2, 0.25) is 0 Å². The minimum absolute atomic E-state index is 0.933. The summed E-state index contributed by atoms with van der Waals surface area (Å²) in [7, 11) is -4.82. The normalized spacial score (nSPS) is 10.5. The summed E-state index contributed by atoms with van der Waals surface area (Å²) in [5.74, 6) is -3.96. The molecule has 0 heterocycles. The summed E-state index contributed by atoms with van der Waals surface area (Å²) in [5, 5.41) is 0. The average molecular weight is 328 g/mol. The van der Waals surface area contributed by atoms with Crippen LogP contribution in [0.2, 0.25) is 0 Å². The second kappa shape index (κ2) is 8.98. The van der Waals surface area contributed by atoms with Gasteiger partial charge in [0.05, 0.1) is 0 Å². The van der Waals surface area contributed by atoms with Crippen molar-refractivity contribution in [2.75, 3.05) is 0 Å². The summed E-state index contributed by atoms with van der Waals surface area (Å²) in [6.07, 6.45) is 0. The maximum Gasteiger partial charge on any atom is 0.830 e. The predicted octanol–water partition coefficient (Wildman–Crippen LogP) is -0.599. The number of rotatable bonds is 8. The van der Waals surface area contributed by atoms with Crippen LogP contribution < -0.4 is 0 Å². The number of carbonyl (C=O) groups is 4. The van der Waals surface area contributed by atoms with Gasteiger partial charge in [-0.1, -0.05) is 0 Å². The van der Waals surface area contributed by atoms with Crippen molar-refractivity contribution in [3.05, 3.63) is 0 Å². The fourth-order valence-electron chi connectivity index (χ4n) is 0.522. The van der Waals surface area contributed by atoms with Crippen LogP contribution in [0.15, 0.2) is 0 Å². The van der Waals surface area contributed by atoms with Gasteiger partial charge in [0, 0.05) is 27.7 Å². The third kappa shape index (κ3) is 9.47. The van der Waals surface area contributed by atoms with Crippen molar-refractivity contribution in [2.24, 2.45) is 0 Å². The summed E-state index contributed by atoms with van der Waals surface area (Å²) in [6, 6.07) is 0. The fraction of sp³-hybridized carbons (Fsp3) is 0.500. The maximum absolute atomic E-state index is 10.7. The highest BCUT2D eigenvalue weighted by atomic mass is 28.4. The van der Waals surface area contributed by atoms with Crippen molar-refractivity contribution in [1.82, 2.24) is 0 Å². The molecule has 0 aromatic carbocycles. The Morgan fingerprint density at radius 2 is 0.714 bits per heavy atom. The zero-order valence-corrected chi connectivity index (χ0v) is 12.4. The standard InChI is InChI=1S/C8H12O12Si/c1-5(9)13-17-21(18-14-6(2)10,19-15-7(3)11)20-16-8(4)12/h1-4H3. The largest absolute Gasteiger partial charge is 0.830 e. The van der Waals surface area contributed by atoms with Gasteiger partial charge in [-0.25, -0.2) is 19.2 Å². The van der Waals surface area contributed by atoms with Crippen LogP contribution >= 0.6 is 0 Å². The van der Waals surface area contributed by atoms with Gasteiger partial charge in [-0.15, -0.1) is 18.3 Å². The number of carbonyl (C=O) groups excluding carboxylic acids is 4. The van der Waals surface area contributed by atoms with Crippen LogP contribution in [0.3, 0.4) is 0 Å². The quantitative estimate of drug-likeness (QED) is 0.319. The monoisotopic (exact) mass is 328 g/mol. The SMILES string of the molecule is CC(=O)OO[Si](OOC(C)=O)(OOC(C)=O)OOC(C)=O. The molecule has 120 valence electrons. The zero-order chi connectivity index (χ0) is 16.5. The third-order valence-electron chi connectivity index (χ3n) is 1.04. The number of hydrogen-bond acceptors (Lipinski definition) is 12. The van der Waals surface area contributed by atoms with Gasteiger partial charge in [0.15, 0.2) is 0 Å². The van der Waals surface area contributed by atoms with Crippen molar-refractivity contribution in [2.45, 2.75) is 27.7 Å². The lowest BCUT2D eigenvalue weighted by atomic mass is 10.9. The Hall–Kier alpha value is -2.06. The van der Waals surface area contributed by atoms with E-state index in [0.29, 0.717) is 0 Å². The first-order valence-electron chi connectivity index (χ1n) is 5.12. The zero-order valence-electron chi connectivity index (χ0n) is 11.4. The second-order valence-corrected chi connectivity index (χ2v) is 4.80. The van der Waals surface area contributed by atoms with Crippen LogP contribution in [-0.4, -0.2) is 32.9 Å². The Bertz CT molecular complexity index is 329. The van der Waals surface area contributed by atoms with Crippen molar-refractivity contribution in [1.29, 1.82) is 0 Å². The van der Waals surface area contributed by atoms with Crippen molar-refractivity contribution >= 4 is 32.9 Å². The van der Waals surface area contributed by atoms with Gasteiger partial charge >= 0.3 is 32.9 Å². The lowest BCUT2D eigenvalue weighted by Crippen LogP contribution is -2.50. The second-order valence-electron chi connectivity index (χ2n) is 3.13. The minimum Gasteiger partial charge on any atom is -0.303 e. The van der Waals surface area contributed by atoms with Gasteiger partial charge in [-0.2, -0.15) is 0 Å². The van der Waals surface area contributed by atoms with Crippen LogP contribution in [0.25, 0.3) is 0 Å². The van der Waals surface area contributed by atoms with Gasteiger partial charge in [-0.3, -0.25) is 0 Å². The van der Waals surface area contributed by atoms with E-state index < -0.39 is 32.9 Å². The van der Waals surface area contributed by atoms with Crippen LogP contribution in [0, 0.1) is 0 Å². The Morgan fingerprint density at radius 3 is 0.857 bits per heavy atom. The summed E-state index contributed by atoms with van der Waals surface area (Å²) >= 11 is 0. The highest BCUT2D eigenvalue weighted by Gasteiger charge is 2.59. The molecule has 0 aliphatic carbocycles. The first kappa shape index (κ1) is 18.9. The Labute approximate surface area is 118 Å². The van der Waals surface area contributed by atoms with Gasteiger partial charge < -0.3 is 19.6 Å². The summed E-state index contributed by atoms with van der Waals surface area (Å²) in [5.41, 5.74) is 0. The molecule has 0 aromatic rings. The van der Waals surface area contributed by atoms with E-state index in [1.807, 2.05) is 0 Å². The molecule has 0 saturated carbocycles. The molecule has 12 nitrogen and oxygen atoms in total. The molecule has 0 aromatic heterocycles. The summed E-state index contributed by atoms with van der Waals surface area (Å²) in [6.45, 7) is 3.73. The molecule has 0 aliphatic rings. The molecule has 0 radical (unpaired) electrons. The first-order chi connectivity index (χ1) is 9.67. The highest BCUT2D eigenvalue weighted by molar-refractivity contribution is 6.52. The van der Waals surface area contributed by atoms with Crippen LogP contribution in [0.5, 0.6) is 0 Å². The average Bonchev–Trinajstić information content (AvgIpc) is 2.36. The van der Waals surface area contributed by atoms with E-state index in [0.717, 1.165) is 27.7 Å². The van der Waals surface area contributed by atoms with E-state index in [-0.39, 0.29) is 0 Å². The van der Waals surface area contributed by atoms with Gasteiger partial charge in [0.1, 0.15) is 0 Å². The molecule has 0 rings (SSSR count). The van der Waals surface area contributed by atoms with Gasteiger partial charge in [-0.05, 0) is 0 Å². The van der Waals surface area contributed by atoms with Crippen LogP contribution in [0.1, 0.15) is 27.7 Å². The van der Waals surface area contributed by atoms with E-state index in [1.54, 1.807) is 0 Å². The number of hydrogen-bond donors (Lipinski definition) is 0. The predicted molar refractivity (Wildman–Crippen MR) is 57.2 cm³/mol. The van der Waals surface area contributed by atoms with Crippen LogP contribution in [0.4, 0.5) is 0 Å². The topological polar surface area (TPSA) is 142 Å². The van der Waals surface area contributed by atoms with Gasteiger partial charge in [0.25, 0.3) is 0 Å². The lowest BCUT2D eigenvalue weighted by molar-refractivity contribution is -0.390. The first-order valence-corrected chi connectivity index (χ1v) is 6.75. The smallest absolute Gasteiger partial charge is 0.303 e. The van der Waals surface area contributed by atoms with Crippen LogP contribution in [-0.2, 0) is 57.0 Å². The molecule has 0 saturated heterocycles. The molecule has 0 bridgehead atoms. The molecule has 21 heavy (non-hydrogen) atoms. The minimum atomic E-state index is -4.82. The molecule has 0 unspecified atom stereocenters. The summed E-state index contributed by atoms with van der Waals surface area (Å²) in [4.78, 5) is 59.1. The Kier molecular flexibility index (Phi) is 8.10. The van der Waals surface area contributed by atoms with Crippen molar-refractivity contribution in [3.63, 3.8) is 0 Å². The van der Waals surface area contributed by atoms with E-state index in [1.165, 1.54) is 0 Å². The third-order valence-corrected chi connectivity index (χ3v) is 2.19. The Balaban J connectivity index is 5.02. The molecule has 13 heteroatoms. The van der Waals surface area contributed by atoms with Crippen molar-refractivity contribution < 1.29 is 57.0 Å². The lowest BCUT2D eigenvalue weighted by Gasteiger charge is -2.20. The van der Waals surface area contributed by atoms with E-state index >= 15 is 0 Å². The fourth-order valence-corrected chi connectivity index (χ4v) is 1.57. The highest BCUT2D eigenvalue weighted by Crippen LogP contribution is 2.15. The summed E-state index contributed by atoms with van der Waals surface area (Å²) < 4.78 is 17.3. The molecule has 0 amide bonds. The molecular weight excluding hydrogens is 316 g/mol. The molecule has 0 spiro atoms. The molecule has 0 aliphatic heterocycles. The van der Waals surface area contributed by atoms with E-state index in [4.69, 9.17) is 0 Å².